The Bertz CT molecular complexity index is 796. The zero-order valence-corrected chi connectivity index (χ0v) is 14.2. The van der Waals surface area contributed by atoms with Gasteiger partial charge in [0, 0.05) is 18.8 Å². The Morgan fingerprint density at radius 2 is 2.00 bits per heavy atom. The molecule has 0 aliphatic rings. The van der Waals surface area contributed by atoms with Crippen LogP contribution in [-0.2, 0) is 0 Å². The van der Waals surface area contributed by atoms with E-state index in [9.17, 15) is 4.79 Å². The maximum Gasteiger partial charge on any atom is 0.320 e. The summed E-state index contributed by atoms with van der Waals surface area (Å²) < 4.78 is 7.14. The Morgan fingerprint density at radius 3 is 2.68 bits per heavy atom. The highest BCUT2D eigenvalue weighted by Crippen LogP contribution is 2.17. The van der Waals surface area contributed by atoms with Gasteiger partial charge in [0.15, 0.2) is 5.82 Å². The smallest absolute Gasteiger partial charge is 0.320 e. The van der Waals surface area contributed by atoms with Crippen molar-refractivity contribution in [2.24, 2.45) is 0 Å². The Kier molecular flexibility index (Phi) is 5.15. The highest BCUT2D eigenvalue weighted by molar-refractivity contribution is 5.88. The van der Waals surface area contributed by atoms with E-state index in [1.807, 2.05) is 61.5 Å². The number of likely N-dealkylation sites (N-methyl/N-ethyl adjacent to an activating group) is 1. The Morgan fingerprint density at radius 1 is 1.20 bits per heavy atom. The molecule has 0 unspecified atom stereocenters. The van der Waals surface area contributed by atoms with Gasteiger partial charge in [0.05, 0.1) is 18.0 Å². The van der Waals surface area contributed by atoms with Crippen LogP contribution in [0.4, 0.5) is 10.6 Å². The van der Waals surface area contributed by atoms with Gasteiger partial charge in [-0.1, -0.05) is 18.2 Å². The second-order valence-corrected chi connectivity index (χ2v) is 5.81. The van der Waals surface area contributed by atoms with Gasteiger partial charge in [0.25, 0.3) is 0 Å². The molecule has 3 aromatic rings. The number of benzene rings is 1. The number of nitrogens with one attached hydrogen (secondary N) is 2. The number of aromatic nitrogens is 2. The molecule has 0 aliphatic carbocycles. The lowest BCUT2D eigenvalue weighted by Crippen LogP contribution is -2.36. The molecule has 3 rings (SSSR count). The highest BCUT2D eigenvalue weighted by atomic mass is 16.3. The van der Waals surface area contributed by atoms with Crippen LogP contribution in [0.3, 0.4) is 0 Å². The standard InChI is InChI=1S/C18H21N5O2/c1-22(2)15(16-9-6-12-25-16)13-19-18(24)20-17-10-11-23(21-17)14-7-4-3-5-8-14/h3-12,15H,13H2,1-2H3,(H2,19,20,21,24)/t15-/m1/s1. The van der Waals surface area contributed by atoms with Crippen LogP contribution in [0.1, 0.15) is 11.8 Å². The summed E-state index contributed by atoms with van der Waals surface area (Å²) in [5.41, 5.74) is 0.932. The summed E-state index contributed by atoms with van der Waals surface area (Å²) in [6.07, 6.45) is 3.43. The van der Waals surface area contributed by atoms with Gasteiger partial charge in [-0.25, -0.2) is 9.48 Å². The zero-order valence-electron chi connectivity index (χ0n) is 14.2. The fourth-order valence-electron chi connectivity index (χ4n) is 2.48. The molecular formula is C18H21N5O2. The first-order valence-corrected chi connectivity index (χ1v) is 7.99. The van der Waals surface area contributed by atoms with Crippen molar-refractivity contribution >= 4 is 11.8 Å². The van der Waals surface area contributed by atoms with Crippen LogP contribution < -0.4 is 10.6 Å². The third-order valence-electron chi connectivity index (χ3n) is 3.80. The van der Waals surface area contributed by atoms with Crippen LogP contribution in [0.15, 0.2) is 65.4 Å². The van der Waals surface area contributed by atoms with Gasteiger partial charge < -0.3 is 9.73 Å². The van der Waals surface area contributed by atoms with E-state index < -0.39 is 0 Å². The number of furan rings is 1. The minimum atomic E-state index is -0.309. The maximum atomic E-state index is 12.1. The van der Waals surface area contributed by atoms with Crippen molar-refractivity contribution < 1.29 is 9.21 Å². The van der Waals surface area contributed by atoms with Crippen LogP contribution in [0.5, 0.6) is 0 Å². The SMILES string of the molecule is CN(C)[C@H](CNC(=O)Nc1ccn(-c2ccccc2)n1)c1ccco1. The van der Waals surface area contributed by atoms with E-state index >= 15 is 0 Å². The number of urea groups is 1. The van der Waals surface area contributed by atoms with E-state index in [2.05, 4.69) is 15.7 Å². The third kappa shape index (κ3) is 4.27. The van der Waals surface area contributed by atoms with Crippen molar-refractivity contribution in [1.29, 1.82) is 0 Å². The number of rotatable bonds is 6. The fraction of sp³-hybridized carbons (Fsp3) is 0.222. The topological polar surface area (TPSA) is 75.3 Å². The van der Waals surface area contributed by atoms with Crippen LogP contribution in [0.2, 0.25) is 0 Å². The van der Waals surface area contributed by atoms with Gasteiger partial charge in [-0.3, -0.25) is 10.2 Å². The largest absolute Gasteiger partial charge is 0.468 e. The molecule has 7 nitrogen and oxygen atoms in total. The summed E-state index contributed by atoms with van der Waals surface area (Å²) in [5, 5.41) is 9.94. The summed E-state index contributed by atoms with van der Waals surface area (Å²) in [5.74, 6) is 1.29. The lowest BCUT2D eigenvalue weighted by molar-refractivity contribution is 0.233. The summed E-state index contributed by atoms with van der Waals surface area (Å²) >= 11 is 0. The third-order valence-corrected chi connectivity index (χ3v) is 3.80. The monoisotopic (exact) mass is 339 g/mol. The first-order valence-electron chi connectivity index (χ1n) is 7.99. The van der Waals surface area contributed by atoms with Crippen molar-refractivity contribution in [1.82, 2.24) is 20.0 Å². The molecule has 25 heavy (non-hydrogen) atoms. The van der Waals surface area contributed by atoms with Gasteiger partial charge in [-0.15, -0.1) is 5.10 Å². The first kappa shape index (κ1) is 16.8. The molecule has 0 radical (unpaired) electrons. The molecule has 0 aliphatic heterocycles. The minimum Gasteiger partial charge on any atom is -0.468 e. The number of nitrogens with zero attached hydrogens (tertiary/aromatic N) is 3. The molecule has 0 saturated carbocycles. The van der Waals surface area contributed by atoms with E-state index in [0.29, 0.717) is 12.4 Å². The van der Waals surface area contributed by atoms with E-state index in [0.717, 1.165) is 11.4 Å². The van der Waals surface area contributed by atoms with Gasteiger partial charge in [-0.05, 0) is 38.4 Å². The van der Waals surface area contributed by atoms with Crippen molar-refractivity contribution in [2.75, 3.05) is 26.0 Å². The Hall–Kier alpha value is -3.06. The summed E-state index contributed by atoms with van der Waals surface area (Å²) in [7, 11) is 3.88. The minimum absolute atomic E-state index is 0.0392. The van der Waals surface area contributed by atoms with Gasteiger partial charge in [0.1, 0.15) is 5.76 Å². The normalized spacial score (nSPS) is 12.1. The van der Waals surface area contributed by atoms with Crippen LogP contribution in [0, 0.1) is 0 Å². The van der Waals surface area contributed by atoms with E-state index in [1.165, 1.54) is 0 Å². The molecule has 7 heteroatoms. The van der Waals surface area contributed by atoms with Crippen LogP contribution >= 0.6 is 0 Å². The molecule has 2 amide bonds. The van der Waals surface area contributed by atoms with Crippen molar-refractivity contribution in [2.45, 2.75) is 6.04 Å². The summed E-state index contributed by atoms with van der Waals surface area (Å²) in [4.78, 5) is 14.1. The highest BCUT2D eigenvalue weighted by Gasteiger charge is 2.18. The number of hydrogen-bond acceptors (Lipinski definition) is 4. The molecule has 2 heterocycles. The quantitative estimate of drug-likeness (QED) is 0.724. The second-order valence-electron chi connectivity index (χ2n) is 5.81. The van der Waals surface area contributed by atoms with E-state index in [4.69, 9.17) is 4.42 Å². The number of carbonyl (C=O) groups excluding carboxylic acids is 1. The lowest BCUT2D eigenvalue weighted by Gasteiger charge is -2.22. The number of carbonyl (C=O) groups is 1. The molecule has 0 saturated heterocycles. The number of amides is 2. The second kappa shape index (κ2) is 7.67. The number of anilines is 1. The number of para-hydroxylation sites is 1. The average Bonchev–Trinajstić information content (AvgIpc) is 3.28. The molecule has 2 N–H and O–H groups in total. The van der Waals surface area contributed by atoms with Gasteiger partial charge >= 0.3 is 6.03 Å². The van der Waals surface area contributed by atoms with Crippen LogP contribution in [-0.4, -0.2) is 41.4 Å². The summed E-state index contributed by atoms with van der Waals surface area (Å²) in [6.45, 7) is 0.422. The molecule has 0 spiro atoms. The molecule has 1 atom stereocenters. The van der Waals surface area contributed by atoms with E-state index in [-0.39, 0.29) is 12.1 Å². The molecule has 2 aromatic heterocycles. The maximum absolute atomic E-state index is 12.1. The Labute approximate surface area is 146 Å². The average molecular weight is 339 g/mol. The number of hydrogen-bond donors (Lipinski definition) is 2. The lowest BCUT2D eigenvalue weighted by atomic mass is 10.2. The van der Waals surface area contributed by atoms with Crippen molar-refractivity contribution in [3.8, 4) is 5.69 Å². The molecule has 130 valence electrons. The van der Waals surface area contributed by atoms with E-state index in [1.54, 1.807) is 23.2 Å². The van der Waals surface area contributed by atoms with Gasteiger partial charge in [-0.2, -0.15) is 0 Å². The predicted molar refractivity (Wildman–Crippen MR) is 95.7 cm³/mol. The molecular weight excluding hydrogens is 318 g/mol. The molecule has 0 bridgehead atoms. The Balaban J connectivity index is 1.57. The predicted octanol–water partition coefficient (Wildman–Crippen LogP) is 2.89. The molecule has 1 aromatic carbocycles. The van der Waals surface area contributed by atoms with Crippen molar-refractivity contribution in [3.05, 3.63) is 66.8 Å². The fourth-order valence-corrected chi connectivity index (χ4v) is 2.48. The van der Waals surface area contributed by atoms with Crippen molar-refractivity contribution in [3.63, 3.8) is 0 Å². The first-order chi connectivity index (χ1) is 12.1. The van der Waals surface area contributed by atoms with Gasteiger partial charge in [0.2, 0.25) is 0 Å². The van der Waals surface area contributed by atoms with Crippen LogP contribution in [0.25, 0.3) is 5.69 Å². The summed E-state index contributed by atoms with van der Waals surface area (Å²) in [6, 6.07) is 14.8. The molecule has 0 fully saturated rings. The zero-order chi connectivity index (χ0) is 17.6.